The average Bonchev–Trinajstić information content (AvgIpc) is 2.70. The van der Waals surface area contributed by atoms with Crippen LogP contribution in [0.3, 0.4) is 0 Å². The number of carbonyl (C=O) groups excluding carboxylic acids is 1. The molecule has 1 atom stereocenters. The smallest absolute Gasteiger partial charge is 0.234 e. The van der Waals surface area contributed by atoms with E-state index in [9.17, 15) is 9.18 Å². The first-order valence-electron chi connectivity index (χ1n) is 5.56. The summed E-state index contributed by atoms with van der Waals surface area (Å²) >= 11 is 0. The van der Waals surface area contributed by atoms with Crippen molar-refractivity contribution in [1.82, 2.24) is 0 Å². The molecule has 1 heterocycles. The van der Waals surface area contributed by atoms with Gasteiger partial charge in [-0.15, -0.1) is 0 Å². The number of rotatable bonds is 2. The van der Waals surface area contributed by atoms with Crippen LogP contribution in [0.15, 0.2) is 48.5 Å². The Balaban J connectivity index is 1.81. The van der Waals surface area contributed by atoms with Gasteiger partial charge in [0, 0.05) is 5.69 Å². The lowest BCUT2D eigenvalue weighted by atomic mass is 10.1. The molecule has 3 rings (SSSR count). The zero-order valence-corrected chi connectivity index (χ0v) is 9.39. The fourth-order valence-electron chi connectivity index (χ4n) is 1.89. The van der Waals surface area contributed by atoms with Gasteiger partial charge in [-0.2, -0.15) is 0 Å². The number of ketones is 1. The largest absolute Gasteiger partial charge is 0.462 e. The molecule has 3 nitrogen and oxygen atoms in total. The minimum Gasteiger partial charge on any atom is -0.462 e. The Morgan fingerprint density at radius 2 is 1.78 bits per heavy atom. The molecule has 4 heteroatoms. The van der Waals surface area contributed by atoms with Gasteiger partial charge < -0.3 is 10.1 Å². The van der Waals surface area contributed by atoms with Gasteiger partial charge in [0.1, 0.15) is 11.6 Å². The van der Waals surface area contributed by atoms with E-state index in [2.05, 4.69) is 5.32 Å². The minimum absolute atomic E-state index is 0.116. The number of ether oxygens (including phenoxy) is 1. The van der Waals surface area contributed by atoms with Crippen LogP contribution in [0.4, 0.5) is 10.1 Å². The average molecular weight is 243 g/mol. The van der Waals surface area contributed by atoms with Crippen molar-refractivity contribution >= 4 is 11.5 Å². The van der Waals surface area contributed by atoms with Crippen molar-refractivity contribution < 1.29 is 13.9 Å². The second-order valence-corrected chi connectivity index (χ2v) is 4.01. The molecule has 90 valence electrons. The second-order valence-electron chi connectivity index (χ2n) is 4.01. The zero-order valence-electron chi connectivity index (χ0n) is 9.39. The highest BCUT2D eigenvalue weighted by Gasteiger charge is 2.31. The minimum atomic E-state index is -0.743. The molecule has 2 aromatic carbocycles. The molecule has 1 unspecified atom stereocenters. The monoisotopic (exact) mass is 243 g/mol. The highest BCUT2D eigenvalue weighted by Crippen LogP contribution is 2.28. The lowest BCUT2D eigenvalue weighted by Crippen LogP contribution is -2.29. The maximum Gasteiger partial charge on any atom is 0.234 e. The summed E-state index contributed by atoms with van der Waals surface area (Å²) in [7, 11) is 0. The fraction of sp³-hybridized carbons (Fsp3) is 0.0714. The quantitative estimate of drug-likeness (QED) is 0.881. The van der Waals surface area contributed by atoms with Gasteiger partial charge in [0.15, 0.2) is 0 Å². The van der Waals surface area contributed by atoms with Gasteiger partial charge in [0.25, 0.3) is 0 Å². The van der Waals surface area contributed by atoms with Crippen molar-refractivity contribution in [3.05, 3.63) is 59.9 Å². The van der Waals surface area contributed by atoms with Crippen molar-refractivity contribution in [1.29, 1.82) is 0 Å². The van der Waals surface area contributed by atoms with Gasteiger partial charge >= 0.3 is 0 Å². The first-order chi connectivity index (χ1) is 8.74. The number of para-hydroxylation sites is 1. The van der Waals surface area contributed by atoms with Gasteiger partial charge in [-0.25, -0.2) is 4.39 Å². The number of hydrogen-bond acceptors (Lipinski definition) is 3. The number of anilines is 1. The van der Waals surface area contributed by atoms with Crippen LogP contribution in [-0.4, -0.2) is 12.0 Å². The number of nitrogens with one attached hydrogen (secondary N) is 1. The lowest BCUT2D eigenvalue weighted by molar-refractivity contribution is 0.0888. The summed E-state index contributed by atoms with van der Waals surface area (Å²) in [5.41, 5.74) is 1.21. The van der Waals surface area contributed by atoms with E-state index in [0.717, 1.165) is 0 Å². The normalized spacial score (nSPS) is 17.2. The Kier molecular flexibility index (Phi) is 2.48. The molecular weight excluding hydrogens is 233 g/mol. The SMILES string of the molecule is O=C1c2ccccc2OC1Nc1ccc(F)cc1. The first kappa shape index (κ1) is 10.8. The van der Waals surface area contributed by atoms with Crippen molar-refractivity contribution in [2.75, 3.05) is 5.32 Å². The number of Topliss-reactive ketones (excluding diaryl/α,β-unsaturated/α-hetero) is 1. The number of benzene rings is 2. The fourth-order valence-corrected chi connectivity index (χ4v) is 1.89. The molecule has 0 aliphatic carbocycles. The molecular formula is C14H10FNO2. The number of carbonyl (C=O) groups is 1. The van der Waals surface area contributed by atoms with Crippen LogP contribution in [0.2, 0.25) is 0 Å². The topological polar surface area (TPSA) is 38.3 Å². The molecule has 1 aliphatic rings. The highest BCUT2D eigenvalue weighted by molar-refractivity contribution is 6.05. The summed E-state index contributed by atoms with van der Waals surface area (Å²) in [5, 5.41) is 2.93. The van der Waals surface area contributed by atoms with Crippen LogP contribution in [-0.2, 0) is 0 Å². The molecule has 0 saturated heterocycles. The zero-order chi connectivity index (χ0) is 12.5. The summed E-state index contributed by atoms with van der Waals surface area (Å²) in [6.45, 7) is 0. The van der Waals surface area contributed by atoms with E-state index < -0.39 is 6.23 Å². The van der Waals surface area contributed by atoms with E-state index in [1.165, 1.54) is 12.1 Å². The van der Waals surface area contributed by atoms with E-state index in [1.807, 2.05) is 6.07 Å². The van der Waals surface area contributed by atoms with Gasteiger partial charge in [-0.1, -0.05) is 12.1 Å². The van der Waals surface area contributed by atoms with Gasteiger partial charge in [0.2, 0.25) is 12.0 Å². The van der Waals surface area contributed by atoms with Crippen molar-refractivity contribution in [3.8, 4) is 5.75 Å². The van der Waals surface area contributed by atoms with E-state index >= 15 is 0 Å². The third-order valence-electron chi connectivity index (χ3n) is 2.78. The summed E-state index contributed by atoms with van der Waals surface area (Å²) in [5.74, 6) is 0.138. The standard InChI is InChI=1S/C14H10FNO2/c15-9-5-7-10(8-6-9)16-14-13(17)11-3-1-2-4-12(11)18-14/h1-8,14,16H. The van der Waals surface area contributed by atoms with Gasteiger partial charge in [-0.3, -0.25) is 4.79 Å². The Morgan fingerprint density at radius 1 is 1.06 bits per heavy atom. The molecule has 0 bridgehead atoms. The van der Waals surface area contributed by atoms with E-state index in [4.69, 9.17) is 4.74 Å². The van der Waals surface area contributed by atoms with Crippen molar-refractivity contribution in [3.63, 3.8) is 0 Å². The number of fused-ring (bicyclic) bond motifs is 1. The first-order valence-corrected chi connectivity index (χ1v) is 5.56. The number of halogens is 1. The van der Waals surface area contributed by atoms with Gasteiger partial charge in [0.05, 0.1) is 5.56 Å². The van der Waals surface area contributed by atoms with Crippen LogP contribution < -0.4 is 10.1 Å². The molecule has 0 aromatic heterocycles. The van der Waals surface area contributed by atoms with Crippen molar-refractivity contribution in [2.24, 2.45) is 0 Å². The van der Waals surface area contributed by atoms with Crippen molar-refractivity contribution in [2.45, 2.75) is 6.23 Å². The predicted molar refractivity (Wildman–Crippen MR) is 65.2 cm³/mol. The molecule has 0 fully saturated rings. The Morgan fingerprint density at radius 3 is 2.50 bits per heavy atom. The third kappa shape index (κ3) is 1.82. The van der Waals surface area contributed by atoms with E-state index in [0.29, 0.717) is 17.0 Å². The molecule has 0 spiro atoms. The molecule has 18 heavy (non-hydrogen) atoms. The van der Waals surface area contributed by atoms with Crippen LogP contribution in [0.25, 0.3) is 0 Å². The number of hydrogen-bond donors (Lipinski definition) is 1. The maximum atomic E-state index is 12.8. The van der Waals surface area contributed by atoms with Gasteiger partial charge in [-0.05, 0) is 36.4 Å². The van der Waals surface area contributed by atoms with E-state index in [-0.39, 0.29) is 11.6 Å². The molecule has 0 radical (unpaired) electrons. The predicted octanol–water partition coefficient (Wildman–Crippen LogP) is 2.84. The molecule has 2 aromatic rings. The third-order valence-corrected chi connectivity index (χ3v) is 2.78. The molecule has 1 N–H and O–H groups in total. The summed E-state index contributed by atoms with van der Waals surface area (Å²) in [6, 6.07) is 12.9. The highest BCUT2D eigenvalue weighted by atomic mass is 19.1. The van der Waals surface area contributed by atoms with Crippen LogP contribution in [0.1, 0.15) is 10.4 Å². The molecule has 0 saturated carbocycles. The molecule has 1 aliphatic heterocycles. The molecule has 0 amide bonds. The summed E-state index contributed by atoms with van der Waals surface area (Å²) < 4.78 is 18.3. The van der Waals surface area contributed by atoms with E-state index in [1.54, 1.807) is 30.3 Å². The Hall–Kier alpha value is -2.36. The Labute approximate surface area is 103 Å². The van der Waals surface area contributed by atoms with Crippen LogP contribution in [0, 0.1) is 5.82 Å². The Bertz CT molecular complexity index is 595. The second kappa shape index (κ2) is 4.14. The summed E-state index contributed by atoms with van der Waals surface area (Å²) in [4.78, 5) is 12.0. The lowest BCUT2D eigenvalue weighted by Gasteiger charge is -2.12. The van der Waals surface area contributed by atoms with Crippen LogP contribution in [0.5, 0.6) is 5.75 Å². The summed E-state index contributed by atoms with van der Waals surface area (Å²) in [6.07, 6.45) is -0.743. The van der Waals surface area contributed by atoms with Crippen LogP contribution >= 0.6 is 0 Å². The maximum absolute atomic E-state index is 12.8.